The normalized spacial score (nSPS) is 11.8. The van der Waals surface area contributed by atoms with E-state index in [0.717, 1.165) is 10.6 Å². The number of aryl methyl sites for hydroxylation is 1. The first-order chi connectivity index (χ1) is 11.5. The molecule has 0 fully saturated rings. The summed E-state index contributed by atoms with van der Waals surface area (Å²) in [5.41, 5.74) is 1.45. The van der Waals surface area contributed by atoms with Crippen LogP contribution in [0.4, 0.5) is 0 Å². The van der Waals surface area contributed by atoms with E-state index in [1.54, 1.807) is 25.3 Å². The molecule has 7 heteroatoms. The number of thiazole rings is 1. The van der Waals surface area contributed by atoms with Crippen molar-refractivity contribution >= 4 is 28.8 Å². The summed E-state index contributed by atoms with van der Waals surface area (Å²) < 4.78 is 12.6. The number of carbonyl (C=O) groups excluding carboxylic acids is 1. The molecular formula is C17H21ClN2O3S. The summed E-state index contributed by atoms with van der Waals surface area (Å²) in [5, 5.41) is 0.475. The van der Waals surface area contributed by atoms with Gasteiger partial charge in [-0.25, -0.2) is 0 Å². The van der Waals surface area contributed by atoms with E-state index in [4.69, 9.17) is 21.1 Å². The molecule has 0 atom stereocenters. The maximum atomic E-state index is 12.7. The predicted octanol–water partition coefficient (Wildman–Crippen LogP) is 3.61. The molecule has 5 nitrogen and oxygen atoms in total. The van der Waals surface area contributed by atoms with E-state index >= 15 is 0 Å². The van der Waals surface area contributed by atoms with Crippen LogP contribution in [-0.4, -0.2) is 30.8 Å². The van der Waals surface area contributed by atoms with Gasteiger partial charge in [0.1, 0.15) is 5.75 Å². The summed E-state index contributed by atoms with van der Waals surface area (Å²) in [7, 11) is 1.65. The van der Waals surface area contributed by atoms with Gasteiger partial charge in [-0.15, -0.1) is 11.3 Å². The van der Waals surface area contributed by atoms with Crippen molar-refractivity contribution in [1.29, 1.82) is 0 Å². The Balaban J connectivity index is 2.47. The van der Waals surface area contributed by atoms with Crippen molar-refractivity contribution in [3.63, 3.8) is 0 Å². The van der Waals surface area contributed by atoms with Gasteiger partial charge in [-0.3, -0.25) is 4.79 Å². The van der Waals surface area contributed by atoms with Crippen LogP contribution in [0.1, 0.15) is 27.9 Å². The van der Waals surface area contributed by atoms with Gasteiger partial charge in [0.2, 0.25) is 0 Å². The van der Waals surface area contributed by atoms with E-state index in [0.29, 0.717) is 40.9 Å². The Morgan fingerprint density at radius 1 is 1.38 bits per heavy atom. The van der Waals surface area contributed by atoms with Gasteiger partial charge in [-0.1, -0.05) is 11.6 Å². The summed E-state index contributed by atoms with van der Waals surface area (Å²) >= 11 is 7.51. The Kier molecular flexibility index (Phi) is 6.60. The van der Waals surface area contributed by atoms with Gasteiger partial charge in [0.05, 0.1) is 18.8 Å². The molecule has 0 bridgehead atoms. The highest BCUT2D eigenvalue weighted by Gasteiger charge is 2.14. The third-order valence-electron chi connectivity index (χ3n) is 3.58. The summed E-state index contributed by atoms with van der Waals surface area (Å²) in [6.07, 6.45) is 0. The molecule has 1 aromatic carbocycles. The highest BCUT2D eigenvalue weighted by atomic mass is 35.5. The van der Waals surface area contributed by atoms with Crippen molar-refractivity contribution in [1.82, 2.24) is 4.57 Å². The summed E-state index contributed by atoms with van der Waals surface area (Å²) in [5.74, 6) is 0.123. The Morgan fingerprint density at radius 2 is 2.12 bits per heavy atom. The van der Waals surface area contributed by atoms with Gasteiger partial charge >= 0.3 is 0 Å². The fourth-order valence-corrected chi connectivity index (χ4v) is 3.40. The fraction of sp³-hybridized carbons (Fsp3) is 0.412. The van der Waals surface area contributed by atoms with Crippen LogP contribution in [0.2, 0.25) is 5.02 Å². The maximum Gasteiger partial charge on any atom is 0.283 e. The average molecular weight is 369 g/mol. The number of nitrogens with zero attached hydrogens (tertiary/aromatic N) is 2. The number of ether oxygens (including phenoxy) is 2. The van der Waals surface area contributed by atoms with Crippen LogP contribution >= 0.6 is 22.9 Å². The second-order valence-corrected chi connectivity index (χ2v) is 6.78. The van der Waals surface area contributed by atoms with Crippen molar-refractivity contribution < 1.29 is 14.3 Å². The number of methoxy groups -OCH3 is 1. The molecular weight excluding hydrogens is 348 g/mol. The van der Waals surface area contributed by atoms with Crippen molar-refractivity contribution in [2.45, 2.75) is 27.3 Å². The molecule has 2 rings (SSSR count). The number of amides is 1. The molecule has 0 aliphatic heterocycles. The second-order valence-electron chi connectivity index (χ2n) is 5.16. The van der Waals surface area contributed by atoms with Crippen molar-refractivity contribution in [2.24, 2.45) is 4.99 Å². The summed E-state index contributed by atoms with van der Waals surface area (Å²) in [6.45, 7) is 7.55. The zero-order valence-corrected chi connectivity index (χ0v) is 15.8. The molecule has 0 aliphatic carbocycles. The molecule has 0 radical (unpaired) electrons. The number of benzene rings is 1. The molecule has 0 N–H and O–H groups in total. The third-order valence-corrected chi connectivity index (χ3v) is 4.91. The molecule has 0 aliphatic rings. The van der Waals surface area contributed by atoms with E-state index in [1.807, 2.05) is 25.3 Å². The van der Waals surface area contributed by atoms with Crippen molar-refractivity contribution in [3.05, 3.63) is 44.2 Å². The Labute approximate surface area is 150 Å². The van der Waals surface area contributed by atoms with Crippen LogP contribution in [0, 0.1) is 13.8 Å². The smallest absolute Gasteiger partial charge is 0.283 e. The molecule has 2 aromatic rings. The predicted molar refractivity (Wildman–Crippen MR) is 96.2 cm³/mol. The van der Waals surface area contributed by atoms with Crippen LogP contribution in [0.3, 0.4) is 0 Å². The van der Waals surface area contributed by atoms with E-state index in [9.17, 15) is 4.79 Å². The average Bonchev–Trinajstić information content (AvgIpc) is 2.81. The zero-order valence-electron chi connectivity index (χ0n) is 14.3. The van der Waals surface area contributed by atoms with Gasteiger partial charge in [-0.2, -0.15) is 4.99 Å². The number of halogens is 1. The molecule has 0 saturated carbocycles. The van der Waals surface area contributed by atoms with E-state index in [2.05, 4.69) is 4.99 Å². The molecule has 0 saturated heterocycles. The first-order valence-electron chi connectivity index (χ1n) is 7.65. The molecule has 1 heterocycles. The minimum atomic E-state index is -0.367. The fourth-order valence-electron chi connectivity index (χ4n) is 2.23. The molecule has 1 aromatic heterocycles. The minimum Gasteiger partial charge on any atom is -0.493 e. The van der Waals surface area contributed by atoms with E-state index in [1.165, 1.54) is 11.3 Å². The van der Waals surface area contributed by atoms with Gasteiger partial charge in [-0.05, 0) is 39.0 Å². The molecule has 0 unspecified atom stereocenters. The second kappa shape index (κ2) is 8.46. The molecule has 1 amide bonds. The minimum absolute atomic E-state index is 0.367. The number of rotatable bonds is 6. The topological polar surface area (TPSA) is 52.8 Å². The van der Waals surface area contributed by atoms with Gasteiger partial charge in [0, 0.05) is 29.2 Å². The monoisotopic (exact) mass is 368 g/mol. The van der Waals surface area contributed by atoms with Crippen LogP contribution in [0.25, 0.3) is 0 Å². The Bertz CT molecular complexity index is 796. The number of hydrogen-bond donors (Lipinski definition) is 0. The van der Waals surface area contributed by atoms with E-state index < -0.39 is 0 Å². The van der Waals surface area contributed by atoms with Gasteiger partial charge < -0.3 is 14.0 Å². The van der Waals surface area contributed by atoms with Crippen LogP contribution in [-0.2, 0) is 11.3 Å². The van der Waals surface area contributed by atoms with Crippen molar-refractivity contribution in [2.75, 3.05) is 20.3 Å². The van der Waals surface area contributed by atoms with Crippen LogP contribution < -0.4 is 9.54 Å². The largest absolute Gasteiger partial charge is 0.493 e. The number of hydrogen-bond acceptors (Lipinski definition) is 4. The molecule has 24 heavy (non-hydrogen) atoms. The quantitative estimate of drug-likeness (QED) is 0.782. The van der Waals surface area contributed by atoms with Crippen LogP contribution in [0.5, 0.6) is 5.75 Å². The summed E-state index contributed by atoms with van der Waals surface area (Å²) in [6, 6.07) is 4.98. The molecule has 130 valence electrons. The SMILES string of the molecule is CCOc1ccc(Cl)cc1C(=O)/N=c1\sc(C)c(C)n1CCOC. The lowest BCUT2D eigenvalue weighted by molar-refractivity contribution is 0.0993. The zero-order chi connectivity index (χ0) is 17.7. The third kappa shape index (κ3) is 4.26. The van der Waals surface area contributed by atoms with Gasteiger partial charge in [0.25, 0.3) is 5.91 Å². The lowest BCUT2D eigenvalue weighted by Gasteiger charge is -2.08. The number of aromatic nitrogens is 1. The lowest BCUT2D eigenvalue weighted by Crippen LogP contribution is -2.20. The highest BCUT2D eigenvalue weighted by molar-refractivity contribution is 7.09. The maximum absolute atomic E-state index is 12.7. The molecule has 0 spiro atoms. The summed E-state index contributed by atoms with van der Waals surface area (Å²) in [4.78, 5) is 18.7. The van der Waals surface area contributed by atoms with Crippen molar-refractivity contribution in [3.8, 4) is 5.75 Å². The highest BCUT2D eigenvalue weighted by Crippen LogP contribution is 2.24. The Hall–Kier alpha value is -1.63. The first-order valence-corrected chi connectivity index (χ1v) is 8.84. The number of carbonyl (C=O) groups is 1. The van der Waals surface area contributed by atoms with Gasteiger partial charge in [0.15, 0.2) is 4.80 Å². The Morgan fingerprint density at radius 3 is 2.79 bits per heavy atom. The van der Waals surface area contributed by atoms with Crippen LogP contribution in [0.15, 0.2) is 23.2 Å². The lowest BCUT2D eigenvalue weighted by atomic mass is 10.2. The standard InChI is InChI=1S/C17H21ClN2O3S/c1-5-23-15-7-6-13(18)10-14(15)16(21)19-17-20(8-9-22-4)11(2)12(3)24-17/h6-7,10H,5,8-9H2,1-4H3/b19-17-. The van der Waals surface area contributed by atoms with E-state index in [-0.39, 0.29) is 5.91 Å². The first kappa shape index (κ1) is 18.7.